The van der Waals surface area contributed by atoms with E-state index in [1.807, 2.05) is 11.6 Å². The molecule has 0 saturated heterocycles. The van der Waals surface area contributed by atoms with Crippen molar-refractivity contribution in [3.05, 3.63) is 17.5 Å². The maximum Gasteiger partial charge on any atom is 0.223 e. The van der Waals surface area contributed by atoms with Crippen molar-refractivity contribution in [3.8, 4) is 0 Å². The number of halogens is 1. The standard InChI is InChI=1S/C16H28N6O.HI/c1-12-11-13(2)22(21-12)10-4-7-19-16(17-3)20-9-8-18-15(23)14-5-6-14;/h11,14H,4-10H2,1-3H3,(H,18,23)(H2,17,19,20);1H. The van der Waals surface area contributed by atoms with E-state index in [1.165, 1.54) is 5.69 Å². The lowest BCUT2D eigenvalue weighted by atomic mass is 10.4. The number of aryl methyl sites for hydroxylation is 3. The molecule has 0 bridgehead atoms. The fourth-order valence-electron chi connectivity index (χ4n) is 2.41. The predicted octanol–water partition coefficient (Wildman–Crippen LogP) is 1.20. The van der Waals surface area contributed by atoms with Gasteiger partial charge in [-0.15, -0.1) is 24.0 Å². The van der Waals surface area contributed by atoms with Crippen LogP contribution in [0.5, 0.6) is 0 Å². The molecule has 24 heavy (non-hydrogen) atoms. The summed E-state index contributed by atoms with van der Waals surface area (Å²) in [6.45, 7) is 7.10. The van der Waals surface area contributed by atoms with E-state index < -0.39 is 0 Å². The first-order valence-electron chi connectivity index (χ1n) is 8.33. The van der Waals surface area contributed by atoms with Crippen LogP contribution < -0.4 is 16.0 Å². The van der Waals surface area contributed by atoms with Crippen molar-refractivity contribution in [2.75, 3.05) is 26.7 Å². The van der Waals surface area contributed by atoms with Crippen LogP contribution >= 0.6 is 24.0 Å². The minimum absolute atomic E-state index is 0. The molecule has 0 spiro atoms. The van der Waals surface area contributed by atoms with Crippen LogP contribution in [0.2, 0.25) is 0 Å². The Morgan fingerprint density at radius 2 is 1.92 bits per heavy atom. The zero-order chi connectivity index (χ0) is 16.7. The number of hydrogen-bond donors (Lipinski definition) is 3. The molecule has 0 radical (unpaired) electrons. The number of carbonyl (C=O) groups excluding carboxylic acids is 1. The molecule has 2 rings (SSSR count). The number of guanidine groups is 1. The molecule has 0 aliphatic heterocycles. The van der Waals surface area contributed by atoms with Crippen LogP contribution in [0.4, 0.5) is 0 Å². The Morgan fingerprint density at radius 3 is 2.50 bits per heavy atom. The van der Waals surface area contributed by atoms with Crippen molar-refractivity contribution in [1.29, 1.82) is 0 Å². The highest BCUT2D eigenvalue weighted by Crippen LogP contribution is 2.28. The van der Waals surface area contributed by atoms with Crippen LogP contribution in [0.3, 0.4) is 0 Å². The van der Waals surface area contributed by atoms with Gasteiger partial charge in [0.25, 0.3) is 0 Å². The number of nitrogens with one attached hydrogen (secondary N) is 3. The van der Waals surface area contributed by atoms with Crippen LogP contribution in [-0.2, 0) is 11.3 Å². The number of rotatable bonds is 8. The third-order valence-electron chi connectivity index (χ3n) is 3.83. The molecule has 1 heterocycles. The maximum absolute atomic E-state index is 11.5. The van der Waals surface area contributed by atoms with Crippen LogP contribution in [0.25, 0.3) is 0 Å². The van der Waals surface area contributed by atoms with Gasteiger partial charge in [0.2, 0.25) is 5.91 Å². The molecule has 1 saturated carbocycles. The second kappa shape index (κ2) is 10.5. The quantitative estimate of drug-likeness (QED) is 0.242. The van der Waals surface area contributed by atoms with Crippen LogP contribution in [0, 0.1) is 19.8 Å². The minimum Gasteiger partial charge on any atom is -0.356 e. The Labute approximate surface area is 161 Å². The van der Waals surface area contributed by atoms with Gasteiger partial charge in [0.1, 0.15) is 0 Å². The smallest absolute Gasteiger partial charge is 0.223 e. The molecule has 1 aromatic heterocycles. The molecule has 0 aromatic carbocycles. The van der Waals surface area contributed by atoms with Crippen LogP contribution in [-0.4, -0.2) is 48.3 Å². The van der Waals surface area contributed by atoms with Gasteiger partial charge in [-0.2, -0.15) is 5.10 Å². The number of nitrogens with zero attached hydrogens (tertiary/aromatic N) is 3. The van der Waals surface area contributed by atoms with E-state index in [4.69, 9.17) is 0 Å². The molecule has 136 valence electrons. The lowest BCUT2D eigenvalue weighted by molar-refractivity contribution is -0.122. The summed E-state index contributed by atoms with van der Waals surface area (Å²) < 4.78 is 2.03. The molecule has 1 aliphatic rings. The van der Waals surface area contributed by atoms with Crippen LogP contribution in [0.15, 0.2) is 11.1 Å². The molecular weight excluding hydrogens is 419 g/mol. The van der Waals surface area contributed by atoms with E-state index >= 15 is 0 Å². The second-order valence-electron chi connectivity index (χ2n) is 5.99. The first-order chi connectivity index (χ1) is 11.1. The number of hydrogen-bond acceptors (Lipinski definition) is 3. The lowest BCUT2D eigenvalue weighted by Gasteiger charge is -2.12. The first kappa shape index (κ1) is 20.7. The summed E-state index contributed by atoms with van der Waals surface area (Å²) in [7, 11) is 1.75. The van der Waals surface area contributed by atoms with Crippen molar-refractivity contribution in [2.45, 2.75) is 39.7 Å². The molecule has 1 fully saturated rings. The Balaban J connectivity index is 0.00000288. The van der Waals surface area contributed by atoms with Gasteiger partial charge >= 0.3 is 0 Å². The molecule has 1 amide bonds. The van der Waals surface area contributed by atoms with E-state index in [9.17, 15) is 4.79 Å². The summed E-state index contributed by atoms with van der Waals surface area (Å²) in [4.78, 5) is 15.7. The molecule has 3 N–H and O–H groups in total. The number of amides is 1. The van der Waals surface area contributed by atoms with E-state index in [0.29, 0.717) is 13.1 Å². The zero-order valence-electron chi connectivity index (χ0n) is 14.8. The number of carbonyl (C=O) groups is 1. The Hall–Kier alpha value is -1.32. The summed E-state index contributed by atoms with van der Waals surface area (Å²) in [5, 5.41) is 13.8. The SMILES string of the molecule is CN=C(NCCCn1nc(C)cc1C)NCCNC(=O)C1CC1.I. The Kier molecular flexibility index (Phi) is 9.09. The molecule has 1 aromatic rings. The largest absolute Gasteiger partial charge is 0.356 e. The van der Waals surface area contributed by atoms with Crippen LogP contribution in [0.1, 0.15) is 30.7 Å². The first-order valence-corrected chi connectivity index (χ1v) is 8.33. The molecule has 7 nitrogen and oxygen atoms in total. The van der Waals surface area contributed by atoms with Gasteiger partial charge in [0.05, 0.1) is 5.69 Å². The number of aliphatic imine (C=N–C) groups is 1. The van der Waals surface area contributed by atoms with Crippen molar-refractivity contribution in [1.82, 2.24) is 25.7 Å². The van der Waals surface area contributed by atoms with Crippen molar-refractivity contribution < 1.29 is 4.79 Å². The molecule has 1 aliphatic carbocycles. The third-order valence-corrected chi connectivity index (χ3v) is 3.83. The fourth-order valence-corrected chi connectivity index (χ4v) is 2.41. The fraction of sp³-hybridized carbons (Fsp3) is 0.688. The Bertz CT molecular complexity index is 553. The predicted molar refractivity (Wildman–Crippen MR) is 107 cm³/mol. The monoisotopic (exact) mass is 448 g/mol. The average Bonchev–Trinajstić information content (AvgIpc) is 3.32. The summed E-state index contributed by atoms with van der Waals surface area (Å²) >= 11 is 0. The molecule has 0 unspecified atom stereocenters. The molecular formula is C16H29IN6O. The van der Waals surface area contributed by atoms with Gasteiger partial charge in [-0.05, 0) is 39.2 Å². The summed E-state index contributed by atoms with van der Waals surface area (Å²) in [5.74, 6) is 1.21. The molecule has 0 atom stereocenters. The minimum atomic E-state index is 0. The summed E-state index contributed by atoms with van der Waals surface area (Å²) in [6, 6.07) is 2.09. The van der Waals surface area contributed by atoms with E-state index in [0.717, 1.165) is 44.0 Å². The van der Waals surface area contributed by atoms with Crippen molar-refractivity contribution in [3.63, 3.8) is 0 Å². The highest BCUT2D eigenvalue weighted by molar-refractivity contribution is 14.0. The van der Waals surface area contributed by atoms with E-state index in [-0.39, 0.29) is 35.8 Å². The summed E-state index contributed by atoms with van der Waals surface area (Å²) in [5.41, 5.74) is 2.25. The van der Waals surface area contributed by atoms with E-state index in [1.54, 1.807) is 7.05 Å². The van der Waals surface area contributed by atoms with Gasteiger partial charge in [0.15, 0.2) is 5.96 Å². The molecule has 8 heteroatoms. The number of aromatic nitrogens is 2. The topological polar surface area (TPSA) is 83.3 Å². The average molecular weight is 448 g/mol. The van der Waals surface area contributed by atoms with Gasteiger partial charge in [-0.3, -0.25) is 14.5 Å². The highest BCUT2D eigenvalue weighted by Gasteiger charge is 2.28. The van der Waals surface area contributed by atoms with Gasteiger partial charge in [-0.1, -0.05) is 0 Å². The maximum atomic E-state index is 11.5. The van der Waals surface area contributed by atoms with E-state index in [2.05, 4.69) is 39.0 Å². The summed E-state index contributed by atoms with van der Waals surface area (Å²) in [6.07, 6.45) is 3.05. The lowest BCUT2D eigenvalue weighted by Crippen LogP contribution is -2.42. The van der Waals surface area contributed by atoms with Gasteiger partial charge in [-0.25, -0.2) is 0 Å². The zero-order valence-corrected chi connectivity index (χ0v) is 17.1. The Morgan fingerprint density at radius 1 is 1.25 bits per heavy atom. The van der Waals surface area contributed by atoms with Gasteiger partial charge in [0, 0.05) is 44.8 Å². The van der Waals surface area contributed by atoms with Crippen molar-refractivity contribution >= 4 is 35.8 Å². The highest BCUT2D eigenvalue weighted by atomic mass is 127. The second-order valence-corrected chi connectivity index (χ2v) is 5.99. The van der Waals surface area contributed by atoms with Gasteiger partial charge < -0.3 is 16.0 Å². The normalized spacial score (nSPS) is 14.0. The van der Waals surface area contributed by atoms with Crippen molar-refractivity contribution in [2.24, 2.45) is 10.9 Å². The third kappa shape index (κ3) is 7.06.